The van der Waals surface area contributed by atoms with Gasteiger partial charge < -0.3 is 64.6 Å². The first-order chi connectivity index (χ1) is 30.1. The van der Waals surface area contributed by atoms with Crippen molar-refractivity contribution in [1.29, 1.82) is 0 Å². The number of likely N-dealkylation sites (N-methyl/N-ethyl adjacent to an activating group) is 1. The lowest BCUT2D eigenvalue weighted by atomic mass is 9.77. The summed E-state index contributed by atoms with van der Waals surface area (Å²) in [7, 11) is 3.28. The Morgan fingerprint density at radius 1 is 0.953 bits per heavy atom. The van der Waals surface area contributed by atoms with Crippen molar-refractivity contribution in [1.82, 2.24) is 15.2 Å². The molecule has 1 aromatic heterocycles. The molecule has 3 aliphatic rings. The number of methoxy groups -OCH3 is 1. The topological polar surface area (TPSA) is 214 Å². The second-order valence-corrected chi connectivity index (χ2v) is 19.7. The standard InChI is InChI=1S/C48H80N4O12/c1-13-37-48(10,58)41(54)31(6)52(22-16-20-50-35-19-21-51-34-18-15-14-17-33(34)35)26-27(2)24-46(8,57)43(64-45-39(53)36(49-11)23-28(3)60-45)29(4)40(30(5)44(56)62-37)63-38-25-47(9,59-12)42(55)32(7)61-38/h14-15,17-19,21,27-32,36-43,45,49,53-55,57-58H,13,16,20,22-26H2,1-12H3,(H,50,51)/t27-,28-,29+,30-,31-,32+,36+,37-,38+,39-,40+,41-,42+,43-,45+,46-,47-,48-/m1/s1. The van der Waals surface area contributed by atoms with Crippen molar-refractivity contribution in [3.63, 3.8) is 0 Å². The molecule has 3 fully saturated rings. The van der Waals surface area contributed by atoms with Crippen LogP contribution < -0.4 is 10.6 Å². The third-order valence-electron chi connectivity index (χ3n) is 14.4. The molecule has 7 N–H and O–H groups in total. The number of ether oxygens (including phenoxy) is 6. The number of nitrogens with zero attached hydrogens (tertiary/aromatic N) is 2. The van der Waals surface area contributed by atoms with Crippen LogP contribution in [0.1, 0.15) is 101 Å². The van der Waals surface area contributed by atoms with Gasteiger partial charge in [0.2, 0.25) is 0 Å². The van der Waals surface area contributed by atoms with Crippen molar-refractivity contribution >= 4 is 22.6 Å². The monoisotopic (exact) mass is 905 g/mol. The highest BCUT2D eigenvalue weighted by Crippen LogP contribution is 2.40. The summed E-state index contributed by atoms with van der Waals surface area (Å²) in [6, 6.07) is 8.92. The fourth-order valence-corrected chi connectivity index (χ4v) is 10.5. The summed E-state index contributed by atoms with van der Waals surface area (Å²) in [4.78, 5) is 21.1. The molecule has 0 saturated carbocycles. The van der Waals surface area contributed by atoms with Gasteiger partial charge in [-0.05, 0) is 99.2 Å². The number of pyridine rings is 1. The van der Waals surface area contributed by atoms with Gasteiger partial charge in [0.25, 0.3) is 0 Å². The number of anilines is 1. The molecule has 16 nitrogen and oxygen atoms in total. The molecule has 0 bridgehead atoms. The molecule has 364 valence electrons. The van der Waals surface area contributed by atoms with Gasteiger partial charge in [-0.3, -0.25) is 14.7 Å². The van der Waals surface area contributed by atoms with Crippen LogP contribution >= 0.6 is 0 Å². The molecule has 0 radical (unpaired) electrons. The van der Waals surface area contributed by atoms with Crippen LogP contribution in [0, 0.1) is 17.8 Å². The third-order valence-corrected chi connectivity index (χ3v) is 14.4. The zero-order valence-electron chi connectivity index (χ0n) is 40.3. The molecule has 3 saturated heterocycles. The van der Waals surface area contributed by atoms with Crippen molar-refractivity contribution in [2.75, 3.05) is 39.1 Å². The summed E-state index contributed by atoms with van der Waals surface area (Å²) in [6.45, 7) is 19.3. The quantitative estimate of drug-likeness (QED) is 0.119. The van der Waals surface area contributed by atoms with Crippen LogP contribution in [0.5, 0.6) is 0 Å². The average Bonchev–Trinajstić information content (AvgIpc) is 3.25. The van der Waals surface area contributed by atoms with E-state index in [9.17, 15) is 30.3 Å². The fourth-order valence-electron chi connectivity index (χ4n) is 10.5. The molecular weight excluding hydrogens is 825 g/mol. The number of aromatic nitrogens is 1. The maximum absolute atomic E-state index is 14.5. The lowest BCUT2D eigenvalue weighted by Crippen LogP contribution is -2.60. The van der Waals surface area contributed by atoms with Gasteiger partial charge in [0.15, 0.2) is 12.6 Å². The normalized spacial score (nSPS) is 42.4. The van der Waals surface area contributed by atoms with Gasteiger partial charge in [0.05, 0.1) is 47.1 Å². The predicted octanol–water partition coefficient (Wildman–Crippen LogP) is 3.98. The van der Waals surface area contributed by atoms with E-state index in [-0.39, 0.29) is 37.3 Å². The molecule has 2 aromatic rings. The molecule has 4 heterocycles. The zero-order valence-corrected chi connectivity index (χ0v) is 40.3. The minimum atomic E-state index is -1.87. The van der Waals surface area contributed by atoms with Crippen molar-refractivity contribution in [3.8, 4) is 0 Å². The van der Waals surface area contributed by atoms with Crippen LogP contribution in [0.15, 0.2) is 36.5 Å². The number of esters is 1. The van der Waals surface area contributed by atoms with Gasteiger partial charge in [-0.1, -0.05) is 39.0 Å². The van der Waals surface area contributed by atoms with Crippen LogP contribution in [-0.4, -0.2) is 165 Å². The lowest BCUT2D eigenvalue weighted by molar-refractivity contribution is -0.316. The number of benzene rings is 1. The van der Waals surface area contributed by atoms with Crippen molar-refractivity contribution in [2.24, 2.45) is 17.8 Å². The maximum atomic E-state index is 14.5. The van der Waals surface area contributed by atoms with Gasteiger partial charge in [-0.25, -0.2) is 0 Å². The van der Waals surface area contributed by atoms with E-state index in [1.807, 2.05) is 58.0 Å². The van der Waals surface area contributed by atoms with E-state index in [1.54, 1.807) is 47.9 Å². The number of aliphatic hydroxyl groups excluding tert-OH is 3. The van der Waals surface area contributed by atoms with Gasteiger partial charge in [-0.2, -0.15) is 0 Å². The summed E-state index contributed by atoms with van der Waals surface area (Å²) < 4.78 is 38.0. The number of nitrogens with one attached hydrogen (secondary N) is 2. The first kappa shape index (κ1) is 52.4. The fraction of sp³-hybridized carbons (Fsp3) is 0.792. The minimum Gasteiger partial charge on any atom is -0.459 e. The van der Waals surface area contributed by atoms with E-state index in [0.717, 1.165) is 16.6 Å². The van der Waals surface area contributed by atoms with E-state index in [2.05, 4.69) is 20.5 Å². The predicted molar refractivity (Wildman–Crippen MR) is 243 cm³/mol. The Morgan fingerprint density at radius 2 is 1.66 bits per heavy atom. The van der Waals surface area contributed by atoms with E-state index in [4.69, 9.17) is 28.4 Å². The number of rotatable bonds is 12. The Hall–Kier alpha value is -2.58. The molecule has 5 rings (SSSR count). The van der Waals surface area contributed by atoms with Gasteiger partial charge in [0, 0.05) is 68.4 Å². The largest absolute Gasteiger partial charge is 0.459 e. The molecular formula is C48H80N4O12. The minimum absolute atomic E-state index is 0.117. The molecule has 0 spiro atoms. The Kier molecular flexibility index (Phi) is 18.0. The smallest absolute Gasteiger partial charge is 0.311 e. The summed E-state index contributed by atoms with van der Waals surface area (Å²) in [5, 5.41) is 67.5. The summed E-state index contributed by atoms with van der Waals surface area (Å²) in [5.74, 6) is -2.74. The van der Waals surface area contributed by atoms with Crippen LogP contribution in [0.25, 0.3) is 10.9 Å². The summed E-state index contributed by atoms with van der Waals surface area (Å²) in [5.41, 5.74) is -2.68. The first-order valence-electron chi connectivity index (χ1n) is 23.4. The SMILES string of the molecule is CC[C@H]1OC(=O)[C@H](C)[C@@H](O[C@H]2C[C@@](C)(OC)[C@@H](O)[C@H](C)O2)[C@H](C)[C@@H](O[C@@H]2O[C@H](C)C[C@H](NC)[C@H]2O)[C@](C)(O)C[C@@H](C)CN(CCCNc2ccnc3ccccc23)[C@H](C)[C@@H](O)[C@]1(C)O. The number of fused-ring (bicyclic) bond motifs is 1. The van der Waals surface area contributed by atoms with Crippen LogP contribution in [-0.2, 0) is 33.2 Å². The van der Waals surface area contributed by atoms with E-state index in [0.29, 0.717) is 32.5 Å². The van der Waals surface area contributed by atoms with Crippen molar-refractivity contribution in [3.05, 3.63) is 36.5 Å². The molecule has 0 unspecified atom stereocenters. The summed E-state index contributed by atoms with van der Waals surface area (Å²) >= 11 is 0. The van der Waals surface area contributed by atoms with E-state index in [1.165, 1.54) is 14.0 Å². The first-order valence-corrected chi connectivity index (χ1v) is 23.4. The van der Waals surface area contributed by atoms with E-state index >= 15 is 0 Å². The highest BCUT2D eigenvalue weighted by molar-refractivity contribution is 5.90. The Morgan fingerprint density at radius 3 is 2.33 bits per heavy atom. The number of carbonyl (C=O) groups excluding carboxylic acids is 1. The summed E-state index contributed by atoms with van der Waals surface area (Å²) in [6.07, 6.45) is -6.23. The number of carbonyl (C=O) groups is 1. The maximum Gasteiger partial charge on any atom is 0.311 e. The van der Waals surface area contributed by atoms with Crippen molar-refractivity contribution < 1.29 is 58.7 Å². The zero-order chi connectivity index (χ0) is 47.3. The highest BCUT2D eigenvalue weighted by Gasteiger charge is 2.52. The number of cyclic esters (lactones) is 1. The lowest BCUT2D eigenvalue weighted by Gasteiger charge is -2.48. The Labute approximate surface area is 380 Å². The van der Waals surface area contributed by atoms with Crippen LogP contribution in [0.4, 0.5) is 5.69 Å². The molecule has 18 atom stereocenters. The molecule has 1 aromatic carbocycles. The average molecular weight is 905 g/mol. The number of para-hydroxylation sites is 1. The van der Waals surface area contributed by atoms with Crippen LogP contribution in [0.3, 0.4) is 0 Å². The number of hydrogen-bond acceptors (Lipinski definition) is 16. The molecule has 3 aliphatic heterocycles. The number of aliphatic hydroxyl groups is 5. The molecule has 0 amide bonds. The number of hydrogen-bond donors (Lipinski definition) is 7. The molecule has 64 heavy (non-hydrogen) atoms. The Balaban J connectivity index is 1.52. The second kappa shape index (κ2) is 22.0. The van der Waals surface area contributed by atoms with E-state index < -0.39 is 96.0 Å². The van der Waals surface area contributed by atoms with Gasteiger partial charge in [-0.15, -0.1) is 0 Å². The van der Waals surface area contributed by atoms with Crippen LogP contribution in [0.2, 0.25) is 0 Å². The van der Waals surface area contributed by atoms with Crippen molar-refractivity contribution in [2.45, 2.75) is 192 Å². The Bertz CT molecular complexity index is 1780. The second-order valence-electron chi connectivity index (χ2n) is 19.7. The van der Waals surface area contributed by atoms with Gasteiger partial charge >= 0.3 is 5.97 Å². The molecule has 16 heteroatoms. The van der Waals surface area contributed by atoms with Gasteiger partial charge in [0.1, 0.15) is 30.0 Å². The highest BCUT2D eigenvalue weighted by atomic mass is 16.7. The molecule has 0 aliphatic carbocycles. The third kappa shape index (κ3) is 11.9.